The molecule has 0 aliphatic heterocycles. The molecular weight excluding hydrogens is 404 g/mol. The summed E-state index contributed by atoms with van der Waals surface area (Å²) in [6.07, 6.45) is 0. The average molecular weight is 426 g/mol. The third-order valence-electron chi connectivity index (χ3n) is 4.73. The van der Waals surface area contributed by atoms with Crippen molar-refractivity contribution in [1.29, 1.82) is 0 Å². The highest BCUT2D eigenvalue weighted by molar-refractivity contribution is 7.89. The maximum absolute atomic E-state index is 12.8. The van der Waals surface area contributed by atoms with E-state index in [9.17, 15) is 18.0 Å². The zero-order valence-electron chi connectivity index (χ0n) is 17.1. The predicted molar refractivity (Wildman–Crippen MR) is 113 cm³/mol. The highest BCUT2D eigenvalue weighted by Crippen LogP contribution is 2.22. The predicted octanol–water partition coefficient (Wildman–Crippen LogP) is 2.53. The Morgan fingerprint density at radius 2 is 1.67 bits per heavy atom. The van der Waals surface area contributed by atoms with Crippen LogP contribution >= 0.6 is 0 Å². The van der Waals surface area contributed by atoms with Gasteiger partial charge >= 0.3 is 0 Å². The van der Waals surface area contributed by atoms with Gasteiger partial charge in [0, 0.05) is 5.69 Å². The van der Waals surface area contributed by atoms with E-state index in [-0.39, 0.29) is 16.1 Å². The van der Waals surface area contributed by atoms with Crippen molar-refractivity contribution in [3.8, 4) is 5.69 Å². The quantitative estimate of drug-likeness (QED) is 0.465. The van der Waals surface area contributed by atoms with E-state index >= 15 is 0 Å². The molecule has 2 aromatic carbocycles. The van der Waals surface area contributed by atoms with Gasteiger partial charge in [-0.25, -0.2) is 17.8 Å². The normalized spacial score (nSPS) is 11.3. The molecule has 0 aliphatic rings. The first-order valence-electron chi connectivity index (χ1n) is 9.17. The number of rotatable bonds is 6. The molecule has 0 unspecified atom stereocenters. The van der Waals surface area contributed by atoms with Gasteiger partial charge in [0.2, 0.25) is 10.0 Å². The summed E-state index contributed by atoms with van der Waals surface area (Å²) in [6, 6.07) is 13.7. The van der Waals surface area contributed by atoms with Crippen LogP contribution in [0.15, 0.2) is 53.4 Å². The zero-order chi connectivity index (χ0) is 22.1. The van der Waals surface area contributed by atoms with Gasteiger partial charge in [-0.2, -0.15) is 5.10 Å². The maximum atomic E-state index is 12.8. The monoisotopic (exact) mass is 426 g/mol. The molecule has 0 radical (unpaired) electrons. The fraction of sp³-hybridized carbons (Fsp3) is 0.190. The van der Waals surface area contributed by atoms with Crippen molar-refractivity contribution in [2.75, 3.05) is 12.4 Å². The number of carbonyl (C=O) groups is 2. The van der Waals surface area contributed by atoms with Gasteiger partial charge in [-0.1, -0.05) is 24.3 Å². The van der Waals surface area contributed by atoms with E-state index < -0.39 is 21.7 Å². The van der Waals surface area contributed by atoms with Gasteiger partial charge in [-0.3, -0.25) is 9.59 Å². The number of amides is 1. The Morgan fingerprint density at radius 1 is 1.00 bits per heavy atom. The minimum absolute atomic E-state index is 0.0273. The smallest absolute Gasteiger partial charge is 0.296 e. The Bertz CT molecular complexity index is 1230. The van der Waals surface area contributed by atoms with Crippen molar-refractivity contribution >= 4 is 27.4 Å². The molecule has 8 nitrogen and oxygen atoms in total. The van der Waals surface area contributed by atoms with E-state index in [2.05, 4.69) is 15.1 Å². The molecule has 0 bridgehead atoms. The van der Waals surface area contributed by atoms with Crippen LogP contribution in [0.5, 0.6) is 0 Å². The second-order valence-electron chi connectivity index (χ2n) is 6.76. The molecule has 3 rings (SSSR count). The maximum Gasteiger partial charge on any atom is 0.296 e. The Morgan fingerprint density at radius 3 is 2.30 bits per heavy atom. The molecular formula is C21H22N4O4S. The summed E-state index contributed by atoms with van der Waals surface area (Å²) in [4.78, 5) is 25.5. The molecule has 1 aromatic heterocycles. The second-order valence-corrected chi connectivity index (χ2v) is 8.62. The van der Waals surface area contributed by atoms with Crippen LogP contribution in [-0.2, 0) is 14.8 Å². The van der Waals surface area contributed by atoms with Crippen molar-refractivity contribution in [3.63, 3.8) is 0 Å². The van der Waals surface area contributed by atoms with Crippen LogP contribution in [0.2, 0.25) is 0 Å². The van der Waals surface area contributed by atoms with Gasteiger partial charge in [0.05, 0.1) is 27.5 Å². The van der Waals surface area contributed by atoms with Gasteiger partial charge in [-0.05, 0) is 57.6 Å². The number of Topliss-reactive ketones (excluding diaryl/α,β-unsaturated/α-hetero) is 1. The number of carbonyl (C=O) groups excluding carboxylic acids is 2. The molecule has 3 aromatic rings. The number of hydrogen-bond donors (Lipinski definition) is 2. The standard InChI is InChI=1S/C21H22N4O4S/c1-13-10-11-16(12-18(13)30(28,29)22-4)23-21(27)20(26)19-14(2)24-25(15(19)3)17-8-6-5-7-9-17/h5-12,22H,1-4H3,(H,23,27). The molecule has 30 heavy (non-hydrogen) atoms. The van der Waals surface area contributed by atoms with E-state index in [4.69, 9.17) is 0 Å². The Labute approximate surface area is 175 Å². The highest BCUT2D eigenvalue weighted by atomic mass is 32.2. The Hall–Kier alpha value is -3.30. The van der Waals surface area contributed by atoms with E-state index in [1.54, 1.807) is 37.6 Å². The largest absolute Gasteiger partial charge is 0.319 e. The summed E-state index contributed by atoms with van der Waals surface area (Å²) in [5.41, 5.74) is 2.69. The molecule has 9 heteroatoms. The SMILES string of the molecule is CNS(=O)(=O)c1cc(NC(=O)C(=O)c2c(C)nn(-c3ccccc3)c2C)ccc1C. The summed E-state index contributed by atoms with van der Waals surface area (Å²) in [5.74, 6) is -1.61. The minimum atomic E-state index is -3.70. The first-order valence-corrected chi connectivity index (χ1v) is 10.7. The Balaban J connectivity index is 1.90. The third kappa shape index (κ3) is 4.03. The lowest BCUT2D eigenvalue weighted by atomic mass is 10.1. The Kier molecular flexibility index (Phi) is 5.86. The molecule has 156 valence electrons. The number of benzene rings is 2. The lowest BCUT2D eigenvalue weighted by molar-refractivity contribution is -0.112. The molecule has 2 N–H and O–H groups in total. The molecule has 0 saturated carbocycles. The fourth-order valence-electron chi connectivity index (χ4n) is 3.17. The topological polar surface area (TPSA) is 110 Å². The first kappa shape index (κ1) is 21.4. The zero-order valence-corrected chi connectivity index (χ0v) is 17.9. The van der Waals surface area contributed by atoms with Crippen LogP contribution in [0.1, 0.15) is 27.3 Å². The van der Waals surface area contributed by atoms with Gasteiger partial charge in [0.1, 0.15) is 0 Å². The van der Waals surface area contributed by atoms with Crippen LogP contribution in [0.4, 0.5) is 5.69 Å². The number of para-hydroxylation sites is 1. The number of nitrogens with zero attached hydrogens (tertiary/aromatic N) is 2. The van der Waals surface area contributed by atoms with E-state index in [1.807, 2.05) is 30.3 Å². The lowest BCUT2D eigenvalue weighted by Crippen LogP contribution is -2.24. The van der Waals surface area contributed by atoms with Crippen molar-refractivity contribution in [2.45, 2.75) is 25.7 Å². The number of aryl methyl sites for hydroxylation is 2. The summed E-state index contributed by atoms with van der Waals surface area (Å²) in [5, 5.41) is 6.88. The fourth-order valence-corrected chi connectivity index (χ4v) is 4.16. The first-order chi connectivity index (χ1) is 14.2. The van der Waals surface area contributed by atoms with Crippen molar-refractivity contribution in [2.24, 2.45) is 0 Å². The second kappa shape index (κ2) is 8.21. The lowest BCUT2D eigenvalue weighted by Gasteiger charge is -2.10. The molecule has 0 atom stereocenters. The number of nitrogens with one attached hydrogen (secondary N) is 2. The third-order valence-corrected chi connectivity index (χ3v) is 6.29. The van der Waals surface area contributed by atoms with Crippen LogP contribution in [0, 0.1) is 20.8 Å². The van der Waals surface area contributed by atoms with Crippen LogP contribution in [-0.4, -0.2) is 36.9 Å². The van der Waals surface area contributed by atoms with Crippen molar-refractivity contribution in [1.82, 2.24) is 14.5 Å². The molecule has 1 heterocycles. The number of ketones is 1. The van der Waals surface area contributed by atoms with Crippen LogP contribution in [0.25, 0.3) is 5.69 Å². The highest BCUT2D eigenvalue weighted by Gasteiger charge is 2.25. The van der Waals surface area contributed by atoms with E-state index in [0.717, 1.165) is 5.69 Å². The molecule has 1 amide bonds. The number of aromatic nitrogens is 2. The number of hydrogen-bond acceptors (Lipinski definition) is 5. The summed E-state index contributed by atoms with van der Waals surface area (Å²) < 4.78 is 28.1. The van der Waals surface area contributed by atoms with E-state index in [1.165, 1.54) is 13.1 Å². The van der Waals surface area contributed by atoms with Gasteiger partial charge in [0.25, 0.3) is 11.7 Å². The van der Waals surface area contributed by atoms with Gasteiger partial charge in [0.15, 0.2) is 0 Å². The summed E-state index contributed by atoms with van der Waals surface area (Å²) >= 11 is 0. The van der Waals surface area contributed by atoms with Crippen LogP contribution < -0.4 is 10.0 Å². The molecule has 0 fully saturated rings. The van der Waals surface area contributed by atoms with Crippen LogP contribution in [0.3, 0.4) is 0 Å². The minimum Gasteiger partial charge on any atom is -0.319 e. The summed E-state index contributed by atoms with van der Waals surface area (Å²) in [6.45, 7) is 5.03. The molecule has 0 aliphatic carbocycles. The van der Waals surface area contributed by atoms with Gasteiger partial charge < -0.3 is 5.32 Å². The average Bonchev–Trinajstić information content (AvgIpc) is 3.03. The van der Waals surface area contributed by atoms with E-state index in [0.29, 0.717) is 17.0 Å². The van der Waals surface area contributed by atoms with Crippen molar-refractivity contribution < 1.29 is 18.0 Å². The number of anilines is 1. The summed E-state index contributed by atoms with van der Waals surface area (Å²) in [7, 11) is -2.39. The van der Waals surface area contributed by atoms with Crippen molar-refractivity contribution in [3.05, 3.63) is 71.0 Å². The number of sulfonamides is 1. The van der Waals surface area contributed by atoms with Gasteiger partial charge in [-0.15, -0.1) is 0 Å². The molecule has 0 spiro atoms. The molecule has 0 saturated heterocycles.